The van der Waals surface area contributed by atoms with Gasteiger partial charge in [-0.3, -0.25) is 4.79 Å². The zero-order valence-corrected chi connectivity index (χ0v) is 11.1. The van der Waals surface area contributed by atoms with Crippen molar-refractivity contribution in [2.24, 2.45) is 5.92 Å². The van der Waals surface area contributed by atoms with Crippen molar-refractivity contribution in [2.75, 3.05) is 26.9 Å². The molecule has 0 aromatic rings. The average molecular weight is 256 g/mol. The maximum atomic E-state index is 12.3. The number of likely N-dealkylation sites (N-methyl/N-ethyl adjacent to an activating group) is 1. The summed E-state index contributed by atoms with van der Waals surface area (Å²) in [6, 6.07) is 0.0873. The second kappa shape index (κ2) is 5.99. The van der Waals surface area contributed by atoms with Gasteiger partial charge < -0.3 is 20.5 Å². The molecule has 1 aliphatic carbocycles. The molecule has 2 fully saturated rings. The average Bonchev–Trinajstić information content (AvgIpc) is 2.88. The van der Waals surface area contributed by atoms with Crippen LogP contribution in [0.5, 0.6) is 0 Å². The third-order valence-electron chi connectivity index (χ3n) is 4.29. The SMILES string of the molecule is CNC1COCC1C(=O)NC1(CO)CCCCC1. The number of carbonyl (C=O) groups is 1. The van der Waals surface area contributed by atoms with Gasteiger partial charge in [0.25, 0.3) is 0 Å². The Labute approximate surface area is 108 Å². The van der Waals surface area contributed by atoms with E-state index in [0.29, 0.717) is 13.2 Å². The molecule has 2 aliphatic rings. The molecule has 0 bridgehead atoms. The number of ether oxygens (including phenoxy) is 1. The minimum atomic E-state index is -0.393. The van der Waals surface area contributed by atoms with Crippen LogP contribution in [0.1, 0.15) is 32.1 Å². The van der Waals surface area contributed by atoms with Gasteiger partial charge in [-0.05, 0) is 19.9 Å². The number of hydrogen-bond donors (Lipinski definition) is 3. The summed E-state index contributed by atoms with van der Waals surface area (Å²) >= 11 is 0. The first kappa shape index (κ1) is 13.8. The van der Waals surface area contributed by atoms with Gasteiger partial charge in [-0.1, -0.05) is 19.3 Å². The van der Waals surface area contributed by atoms with E-state index < -0.39 is 5.54 Å². The standard InChI is InChI=1S/C13H24N2O3/c1-14-11-8-18-7-10(11)12(17)15-13(9-16)5-3-2-4-6-13/h10-11,14,16H,2-9H2,1H3,(H,15,17). The van der Waals surface area contributed by atoms with Crippen LogP contribution in [-0.2, 0) is 9.53 Å². The van der Waals surface area contributed by atoms with E-state index in [0.717, 1.165) is 25.7 Å². The minimum absolute atomic E-state index is 0.0165. The maximum Gasteiger partial charge on any atom is 0.227 e. The summed E-state index contributed by atoms with van der Waals surface area (Å²) < 4.78 is 5.35. The summed E-state index contributed by atoms with van der Waals surface area (Å²) in [7, 11) is 1.85. The first-order chi connectivity index (χ1) is 8.71. The highest BCUT2D eigenvalue weighted by molar-refractivity contribution is 5.80. The molecule has 1 aliphatic heterocycles. The maximum absolute atomic E-state index is 12.3. The molecule has 0 spiro atoms. The van der Waals surface area contributed by atoms with E-state index in [1.54, 1.807) is 0 Å². The number of amides is 1. The normalized spacial score (nSPS) is 31.2. The molecular formula is C13H24N2O3. The summed E-state index contributed by atoms with van der Waals surface area (Å²) in [5.41, 5.74) is -0.393. The molecule has 0 aromatic carbocycles. The van der Waals surface area contributed by atoms with Crippen LogP contribution in [0.25, 0.3) is 0 Å². The fourth-order valence-electron chi connectivity index (χ4n) is 3.00. The predicted molar refractivity (Wildman–Crippen MR) is 68.2 cm³/mol. The van der Waals surface area contributed by atoms with Crippen LogP contribution in [0.15, 0.2) is 0 Å². The molecule has 104 valence electrons. The highest BCUT2D eigenvalue weighted by atomic mass is 16.5. The van der Waals surface area contributed by atoms with Crippen LogP contribution in [0.2, 0.25) is 0 Å². The smallest absolute Gasteiger partial charge is 0.227 e. The Kier molecular flexibility index (Phi) is 4.59. The Bertz CT molecular complexity index is 290. The lowest BCUT2D eigenvalue weighted by molar-refractivity contribution is -0.128. The number of nitrogens with one attached hydrogen (secondary N) is 2. The molecular weight excluding hydrogens is 232 g/mol. The zero-order valence-electron chi connectivity index (χ0n) is 11.1. The van der Waals surface area contributed by atoms with Crippen molar-refractivity contribution in [2.45, 2.75) is 43.7 Å². The quantitative estimate of drug-likeness (QED) is 0.664. The lowest BCUT2D eigenvalue weighted by Crippen LogP contribution is -2.56. The van der Waals surface area contributed by atoms with Crippen LogP contribution in [0, 0.1) is 5.92 Å². The Morgan fingerprint density at radius 1 is 1.33 bits per heavy atom. The number of aliphatic hydroxyl groups is 1. The van der Waals surface area contributed by atoms with Crippen molar-refractivity contribution in [3.8, 4) is 0 Å². The van der Waals surface area contributed by atoms with Gasteiger partial charge in [0, 0.05) is 6.04 Å². The van der Waals surface area contributed by atoms with Crippen molar-refractivity contribution >= 4 is 5.91 Å². The Balaban J connectivity index is 1.96. The van der Waals surface area contributed by atoms with E-state index >= 15 is 0 Å². The van der Waals surface area contributed by atoms with E-state index in [1.807, 2.05) is 7.05 Å². The molecule has 1 saturated heterocycles. The number of carbonyl (C=O) groups excluding carboxylic acids is 1. The monoisotopic (exact) mass is 256 g/mol. The summed E-state index contributed by atoms with van der Waals surface area (Å²) in [5.74, 6) is -0.122. The topological polar surface area (TPSA) is 70.6 Å². The highest BCUT2D eigenvalue weighted by Gasteiger charge is 2.38. The summed E-state index contributed by atoms with van der Waals surface area (Å²) in [4.78, 5) is 12.3. The molecule has 18 heavy (non-hydrogen) atoms. The summed E-state index contributed by atoms with van der Waals surface area (Å²) in [6.07, 6.45) is 5.12. The molecule has 2 rings (SSSR count). The lowest BCUT2D eigenvalue weighted by Gasteiger charge is -2.37. The van der Waals surface area contributed by atoms with Crippen LogP contribution in [0.4, 0.5) is 0 Å². The Morgan fingerprint density at radius 3 is 2.67 bits per heavy atom. The van der Waals surface area contributed by atoms with Crippen LogP contribution < -0.4 is 10.6 Å². The number of hydrogen-bond acceptors (Lipinski definition) is 4. The van der Waals surface area contributed by atoms with E-state index in [-0.39, 0.29) is 24.5 Å². The van der Waals surface area contributed by atoms with E-state index in [1.165, 1.54) is 6.42 Å². The van der Waals surface area contributed by atoms with Crippen LogP contribution in [0.3, 0.4) is 0 Å². The largest absolute Gasteiger partial charge is 0.394 e. The van der Waals surface area contributed by atoms with Gasteiger partial charge in [0.15, 0.2) is 0 Å². The molecule has 0 radical (unpaired) electrons. The second-order valence-corrected chi connectivity index (χ2v) is 5.53. The molecule has 1 amide bonds. The summed E-state index contributed by atoms with van der Waals surface area (Å²) in [6.45, 7) is 1.09. The van der Waals surface area contributed by atoms with Crippen molar-refractivity contribution in [1.82, 2.24) is 10.6 Å². The van der Waals surface area contributed by atoms with Gasteiger partial charge in [-0.15, -0.1) is 0 Å². The molecule has 1 saturated carbocycles. The first-order valence-electron chi connectivity index (χ1n) is 6.89. The van der Waals surface area contributed by atoms with Gasteiger partial charge >= 0.3 is 0 Å². The zero-order chi connectivity index (χ0) is 13.0. The molecule has 5 heteroatoms. The van der Waals surface area contributed by atoms with Gasteiger partial charge in [-0.25, -0.2) is 0 Å². The van der Waals surface area contributed by atoms with Crippen molar-refractivity contribution in [1.29, 1.82) is 0 Å². The highest BCUT2D eigenvalue weighted by Crippen LogP contribution is 2.28. The lowest BCUT2D eigenvalue weighted by atomic mass is 9.81. The van der Waals surface area contributed by atoms with Gasteiger partial charge in [0.1, 0.15) is 0 Å². The molecule has 1 heterocycles. The Morgan fingerprint density at radius 2 is 2.06 bits per heavy atom. The van der Waals surface area contributed by atoms with Crippen molar-refractivity contribution < 1.29 is 14.6 Å². The first-order valence-corrected chi connectivity index (χ1v) is 6.89. The summed E-state index contributed by atoms with van der Waals surface area (Å²) in [5, 5.41) is 15.8. The minimum Gasteiger partial charge on any atom is -0.394 e. The fraction of sp³-hybridized carbons (Fsp3) is 0.923. The van der Waals surface area contributed by atoms with Crippen LogP contribution in [-0.4, -0.2) is 49.5 Å². The molecule has 0 aromatic heterocycles. The van der Waals surface area contributed by atoms with Gasteiger partial charge in [-0.2, -0.15) is 0 Å². The molecule has 3 N–H and O–H groups in total. The second-order valence-electron chi connectivity index (χ2n) is 5.53. The number of rotatable bonds is 4. The van der Waals surface area contributed by atoms with Crippen molar-refractivity contribution in [3.05, 3.63) is 0 Å². The van der Waals surface area contributed by atoms with E-state index in [2.05, 4.69) is 10.6 Å². The van der Waals surface area contributed by atoms with Crippen molar-refractivity contribution in [3.63, 3.8) is 0 Å². The molecule has 2 unspecified atom stereocenters. The van der Waals surface area contributed by atoms with E-state index in [9.17, 15) is 9.90 Å². The molecule has 2 atom stereocenters. The predicted octanol–water partition coefficient (Wildman–Crippen LogP) is 0.0322. The molecule has 5 nitrogen and oxygen atoms in total. The number of aliphatic hydroxyl groups excluding tert-OH is 1. The third kappa shape index (κ3) is 2.84. The fourth-order valence-corrected chi connectivity index (χ4v) is 3.00. The van der Waals surface area contributed by atoms with Gasteiger partial charge in [0.2, 0.25) is 5.91 Å². The third-order valence-corrected chi connectivity index (χ3v) is 4.29. The Hall–Kier alpha value is -0.650. The van der Waals surface area contributed by atoms with Crippen LogP contribution >= 0.6 is 0 Å². The van der Waals surface area contributed by atoms with E-state index in [4.69, 9.17) is 4.74 Å². The van der Waals surface area contributed by atoms with Gasteiger partial charge in [0.05, 0.1) is 31.3 Å².